The molecule has 0 aliphatic carbocycles. The van der Waals surface area contributed by atoms with E-state index in [0.717, 1.165) is 25.7 Å². The Hall–Kier alpha value is 0.274. The quantitative estimate of drug-likeness (QED) is 0.585. The smallest absolute Gasteiger partial charge is 0.346 e. The Bertz CT molecular complexity index is 255. The average molecular weight is 320 g/mol. The molecule has 1 fully saturated rings. The van der Waals surface area contributed by atoms with Gasteiger partial charge in [0.1, 0.15) is 0 Å². The number of rotatable bonds is 4. The van der Waals surface area contributed by atoms with E-state index in [9.17, 15) is 0 Å². The van der Waals surface area contributed by atoms with E-state index in [-0.39, 0.29) is 0 Å². The minimum atomic E-state index is -2.12. The normalized spacial score (nSPS) is 30.8. The summed E-state index contributed by atoms with van der Waals surface area (Å²) in [5.74, 6) is 0. The van der Waals surface area contributed by atoms with Gasteiger partial charge in [-0.1, -0.05) is 46.0 Å². The van der Waals surface area contributed by atoms with Gasteiger partial charge < -0.3 is 13.1 Å². The van der Waals surface area contributed by atoms with Crippen LogP contribution >= 0.6 is 0 Å². The van der Waals surface area contributed by atoms with Gasteiger partial charge in [-0.05, 0) is 25.6 Å². The van der Waals surface area contributed by atoms with E-state index < -0.39 is 17.8 Å². The highest BCUT2D eigenvalue weighted by Gasteiger charge is 2.36. The lowest BCUT2D eigenvalue weighted by molar-refractivity contribution is -0.0772. The fourth-order valence-corrected chi connectivity index (χ4v) is 8.65. The third kappa shape index (κ3) is 7.33. The highest BCUT2D eigenvalue weighted by molar-refractivity contribution is 6.72. The van der Waals surface area contributed by atoms with Crippen molar-refractivity contribution < 1.29 is 13.1 Å². The van der Waals surface area contributed by atoms with Crippen LogP contribution in [0.25, 0.3) is 0 Å². The van der Waals surface area contributed by atoms with Gasteiger partial charge in [0.05, 0.1) is 0 Å². The van der Waals surface area contributed by atoms with Gasteiger partial charge in [-0.2, -0.15) is 5.06 Å². The summed E-state index contributed by atoms with van der Waals surface area (Å²) in [4.78, 5) is 0. The van der Waals surface area contributed by atoms with Crippen molar-refractivity contribution in [2.24, 2.45) is 0 Å². The molecule has 0 bridgehead atoms. The Morgan fingerprint density at radius 1 is 1.05 bits per heavy atom. The van der Waals surface area contributed by atoms with Crippen LogP contribution in [-0.2, 0) is 13.1 Å². The van der Waals surface area contributed by atoms with Crippen molar-refractivity contribution in [1.82, 2.24) is 5.06 Å². The molecule has 0 N–H and O–H groups in total. The first-order chi connectivity index (χ1) is 9.59. The summed E-state index contributed by atoms with van der Waals surface area (Å²) in [6.07, 6.45) is 7.69. The molecular formula is C14H33NO3Si2. The molecular weight excluding hydrogens is 286 g/mol. The molecule has 2 unspecified atom stereocenters. The second kappa shape index (κ2) is 10.1. The van der Waals surface area contributed by atoms with E-state index in [2.05, 4.69) is 26.9 Å². The second-order valence-electron chi connectivity index (χ2n) is 5.77. The van der Waals surface area contributed by atoms with E-state index >= 15 is 0 Å². The summed E-state index contributed by atoms with van der Waals surface area (Å²) < 4.78 is 18.5. The number of nitrogens with zero attached hydrogens (tertiary/aromatic N) is 1. The fraction of sp³-hybridized carbons (Fsp3) is 1.00. The minimum absolute atomic E-state index is 0.864. The first-order valence-corrected chi connectivity index (χ1v) is 12.9. The topological polar surface area (TPSA) is 30.9 Å². The van der Waals surface area contributed by atoms with Gasteiger partial charge >= 0.3 is 17.8 Å². The monoisotopic (exact) mass is 319 g/mol. The summed E-state index contributed by atoms with van der Waals surface area (Å²) in [5.41, 5.74) is 0. The van der Waals surface area contributed by atoms with E-state index in [0.29, 0.717) is 0 Å². The van der Waals surface area contributed by atoms with Gasteiger partial charge in [-0.3, -0.25) is 0 Å². The van der Waals surface area contributed by atoms with Crippen LogP contribution in [-0.4, -0.2) is 42.6 Å². The summed E-state index contributed by atoms with van der Waals surface area (Å²) >= 11 is 0. The molecule has 1 heterocycles. The zero-order valence-corrected chi connectivity index (χ0v) is 16.0. The molecule has 1 rings (SSSR count). The SMILES string of the molecule is CCN(CC)O[Si]1(C)CCCCCCCCO[SiH](C)O1. The number of hydrogen-bond acceptors (Lipinski definition) is 4. The maximum atomic E-state index is 6.34. The van der Waals surface area contributed by atoms with Crippen LogP contribution in [0.15, 0.2) is 0 Å². The summed E-state index contributed by atoms with van der Waals surface area (Å²) in [5, 5.41) is 2.04. The number of hydrogen-bond donors (Lipinski definition) is 0. The van der Waals surface area contributed by atoms with Crippen LogP contribution in [0.1, 0.15) is 52.4 Å². The van der Waals surface area contributed by atoms with Crippen molar-refractivity contribution in [2.45, 2.75) is 71.5 Å². The molecule has 1 aliphatic heterocycles. The van der Waals surface area contributed by atoms with Crippen molar-refractivity contribution in [3.8, 4) is 0 Å². The van der Waals surface area contributed by atoms with E-state index in [1.807, 2.05) is 5.06 Å². The minimum Gasteiger partial charge on any atom is -0.416 e. The molecule has 1 aliphatic rings. The van der Waals surface area contributed by atoms with E-state index in [1.54, 1.807) is 0 Å². The first-order valence-electron chi connectivity index (χ1n) is 8.33. The molecule has 0 radical (unpaired) electrons. The maximum Gasteiger partial charge on any atom is 0.346 e. The summed E-state index contributed by atoms with van der Waals surface area (Å²) in [7, 11) is -3.67. The molecule has 0 spiro atoms. The van der Waals surface area contributed by atoms with Gasteiger partial charge in [0.15, 0.2) is 0 Å². The van der Waals surface area contributed by atoms with Gasteiger partial charge in [0.2, 0.25) is 0 Å². The third-order valence-corrected chi connectivity index (χ3v) is 9.75. The molecule has 6 heteroatoms. The predicted octanol–water partition coefficient (Wildman–Crippen LogP) is 3.57. The van der Waals surface area contributed by atoms with Crippen molar-refractivity contribution in [1.29, 1.82) is 0 Å². The van der Waals surface area contributed by atoms with E-state index in [4.69, 9.17) is 13.1 Å². The van der Waals surface area contributed by atoms with Crippen LogP contribution < -0.4 is 0 Å². The second-order valence-corrected chi connectivity index (χ2v) is 11.1. The lowest BCUT2D eigenvalue weighted by Crippen LogP contribution is -2.48. The molecule has 0 amide bonds. The first kappa shape index (κ1) is 18.3. The molecule has 20 heavy (non-hydrogen) atoms. The summed E-state index contributed by atoms with van der Waals surface area (Å²) in [6, 6.07) is 1.09. The zero-order valence-electron chi connectivity index (χ0n) is 13.8. The molecule has 0 aromatic rings. The summed E-state index contributed by atoms with van der Waals surface area (Å²) in [6.45, 7) is 11.3. The van der Waals surface area contributed by atoms with Crippen LogP contribution in [0.4, 0.5) is 0 Å². The third-order valence-electron chi connectivity index (χ3n) is 3.82. The fourth-order valence-electron chi connectivity index (χ4n) is 2.64. The molecule has 0 aromatic heterocycles. The predicted molar refractivity (Wildman–Crippen MR) is 88.2 cm³/mol. The van der Waals surface area contributed by atoms with Gasteiger partial charge in [0.25, 0.3) is 0 Å². The molecule has 0 aromatic carbocycles. The van der Waals surface area contributed by atoms with Crippen molar-refractivity contribution in [3.05, 3.63) is 0 Å². The largest absolute Gasteiger partial charge is 0.416 e. The lowest BCUT2D eigenvalue weighted by atomic mass is 10.1. The van der Waals surface area contributed by atoms with Gasteiger partial charge in [0, 0.05) is 19.7 Å². The average Bonchev–Trinajstić information content (AvgIpc) is 2.41. The van der Waals surface area contributed by atoms with Crippen LogP contribution in [0.3, 0.4) is 0 Å². The van der Waals surface area contributed by atoms with Crippen LogP contribution in [0.2, 0.25) is 19.1 Å². The van der Waals surface area contributed by atoms with Crippen molar-refractivity contribution in [2.75, 3.05) is 19.7 Å². The molecule has 0 saturated carbocycles. The highest BCUT2D eigenvalue weighted by atomic mass is 28.4. The zero-order chi connectivity index (χ0) is 14.8. The molecule has 120 valence electrons. The van der Waals surface area contributed by atoms with Crippen LogP contribution in [0, 0.1) is 0 Å². The molecule has 2 atom stereocenters. The standard InChI is InChI=1S/C14H33NO3Si2/c1-5-15(6-2)17-20(4)14-12-10-8-7-9-11-13-16-19(3)18-20/h19H,5-14H2,1-4H3. The number of hydroxylamine groups is 2. The Kier molecular flexibility index (Phi) is 9.23. The Balaban J connectivity index is 2.60. The van der Waals surface area contributed by atoms with Crippen molar-refractivity contribution in [3.63, 3.8) is 0 Å². The highest BCUT2D eigenvalue weighted by Crippen LogP contribution is 2.22. The van der Waals surface area contributed by atoms with Gasteiger partial charge in [-0.15, -0.1) is 0 Å². The Morgan fingerprint density at radius 3 is 2.30 bits per heavy atom. The maximum absolute atomic E-state index is 6.34. The lowest BCUT2D eigenvalue weighted by Gasteiger charge is -2.34. The Labute approximate surface area is 127 Å². The van der Waals surface area contributed by atoms with E-state index in [1.165, 1.54) is 38.5 Å². The van der Waals surface area contributed by atoms with Crippen LogP contribution in [0.5, 0.6) is 0 Å². The molecule has 4 nitrogen and oxygen atoms in total. The van der Waals surface area contributed by atoms with Gasteiger partial charge in [-0.25, -0.2) is 0 Å². The van der Waals surface area contributed by atoms with Crippen molar-refractivity contribution >= 4 is 17.8 Å². The molecule has 1 saturated heterocycles. The Morgan fingerprint density at radius 2 is 1.65 bits per heavy atom.